The topological polar surface area (TPSA) is 63.1 Å². The van der Waals surface area contributed by atoms with Gasteiger partial charge in [-0.2, -0.15) is 0 Å². The molecule has 0 amide bonds. The Kier molecular flexibility index (Phi) is 3.26. The van der Waals surface area contributed by atoms with Gasteiger partial charge in [-0.1, -0.05) is 6.07 Å². The normalized spacial score (nSPS) is 10.2. The molecule has 4 nitrogen and oxygen atoms in total. The molecule has 0 aliphatic rings. The summed E-state index contributed by atoms with van der Waals surface area (Å²) in [6.07, 6.45) is 2.30. The van der Waals surface area contributed by atoms with Crippen LogP contribution < -0.4 is 0 Å². The van der Waals surface area contributed by atoms with Crippen LogP contribution in [0, 0.1) is 0 Å². The zero-order valence-electron chi connectivity index (χ0n) is 8.46. The van der Waals surface area contributed by atoms with Crippen molar-refractivity contribution in [3.8, 4) is 10.7 Å². The lowest BCUT2D eigenvalue weighted by molar-refractivity contribution is -0.136. The molecule has 0 spiro atoms. The Morgan fingerprint density at radius 1 is 1.44 bits per heavy atom. The highest BCUT2D eigenvalue weighted by molar-refractivity contribution is 7.13. The Morgan fingerprint density at radius 2 is 2.31 bits per heavy atom. The monoisotopic (exact) mass is 234 g/mol. The van der Waals surface area contributed by atoms with Gasteiger partial charge in [0.25, 0.3) is 0 Å². The largest absolute Gasteiger partial charge is 0.481 e. The zero-order valence-corrected chi connectivity index (χ0v) is 9.28. The van der Waals surface area contributed by atoms with Crippen LogP contribution in [0.5, 0.6) is 0 Å². The average molecular weight is 234 g/mol. The predicted molar refractivity (Wildman–Crippen MR) is 61.3 cm³/mol. The fourth-order valence-electron chi connectivity index (χ4n) is 1.26. The standard InChI is InChI=1S/C11H10N2O2S/c14-10(15)5-4-8-7-16-11(13-8)9-3-1-2-6-12-9/h1-3,6-7H,4-5H2,(H,14,15). The molecule has 16 heavy (non-hydrogen) atoms. The summed E-state index contributed by atoms with van der Waals surface area (Å²) in [5.41, 5.74) is 1.64. The van der Waals surface area contributed by atoms with Crippen molar-refractivity contribution in [1.82, 2.24) is 9.97 Å². The first-order chi connectivity index (χ1) is 7.75. The maximum atomic E-state index is 10.4. The van der Waals surface area contributed by atoms with Crippen LogP contribution in [-0.4, -0.2) is 21.0 Å². The molecule has 2 rings (SSSR count). The van der Waals surface area contributed by atoms with Crippen LogP contribution in [0.4, 0.5) is 0 Å². The molecule has 2 aromatic rings. The van der Waals surface area contributed by atoms with Gasteiger partial charge in [0.15, 0.2) is 0 Å². The van der Waals surface area contributed by atoms with Gasteiger partial charge in [0.2, 0.25) is 0 Å². The number of thiazole rings is 1. The van der Waals surface area contributed by atoms with Crippen LogP contribution >= 0.6 is 11.3 Å². The van der Waals surface area contributed by atoms with Crippen LogP contribution in [0.3, 0.4) is 0 Å². The van der Waals surface area contributed by atoms with Gasteiger partial charge in [-0.3, -0.25) is 9.78 Å². The van der Waals surface area contributed by atoms with E-state index in [0.29, 0.717) is 6.42 Å². The van der Waals surface area contributed by atoms with E-state index in [1.165, 1.54) is 11.3 Å². The molecule has 0 aromatic carbocycles. The third-order valence-corrected chi connectivity index (χ3v) is 2.94. The van der Waals surface area contributed by atoms with Crippen molar-refractivity contribution < 1.29 is 9.90 Å². The molecule has 5 heteroatoms. The molecule has 82 valence electrons. The second-order valence-electron chi connectivity index (χ2n) is 3.25. The second-order valence-corrected chi connectivity index (χ2v) is 4.11. The number of aryl methyl sites for hydroxylation is 1. The van der Waals surface area contributed by atoms with E-state index in [2.05, 4.69) is 9.97 Å². The number of aromatic nitrogens is 2. The van der Waals surface area contributed by atoms with Gasteiger partial charge in [0.1, 0.15) is 5.01 Å². The molecule has 0 fully saturated rings. The minimum absolute atomic E-state index is 0.116. The van der Waals surface area contributed by atoms with E-state index >= 15 is 0 Å². The highest BCUT2D eigenvalue weighted by atomic mass is 32.1. The summed E-state index contributed by atoms with van der Waals surface area (Å²) in [5.74, 6) is -0.799. The fraction of sp³-hybridized carbons (Fsp3) is 0.182. The Labute approximate surface area is 96.6 Å². The van der Waals surface area contributed by atoms with Crippen molar-refractivity contribution in [3.05, 3.63) is 35.5 Å². The molecular weight excluding hydrogens is 224 g/mol. The minimum Gasteiger partial charge on any atom is -0.481 e. The van der Waals surface area contributed by atoms with E-state index in [1.54, 1.807) is 6.20 Å². The molecule has 0 saturated heterocycles. The van der Waals surface area contributed by atoms with Crippen LogP contribution in [-0.2, 0) is 11.2 Å². The first kappa shape index (κ1) is 10.8. The Morgan fingerprint density at radius 3 is 3.00 bits per heavy atom. The second kappa shape index (κ2) is 4.85. The summed E-state index contributed by atoms with van der Waals surface area (Å²) in [6, 6.07) is 5.64. The van der Waals surface area contributed by atoms with E-state index in [4.69, 9.17) is 5.11 Å². The maximum Gasteiger partial charge on any atom is 0.303 e. The highest BCUT2D eigenvalue weighted by Crippen LogP contribution is 2.21. The van der Waals surface area contributed by atoms with E-state index in [1.807, 2.05) is 23.6 Å². The molecule has 2 heterocycles. The molecule has 0 atom stereocenters. The predicted octanol–water partition coefficient (Wildman–Crippen LogP) is 2.22. The molecule has 0 unspecified atom stereocenters. The van der Waals surface area contributed by atoms with Crippen LogP contribution in [0.2, 0.25) is 0 Å². The number of nitrogens with zero attached hydrogens (tertiary/aromatic N) is 2. The fourth-order valence-corrected chi connectivity index (χ4v) is 2.09. The molecule has 1 N–H and O–H groups in total. The summed E-state index contributed by atoms with van der Waals surface area (Å²) < 4.78 is 0. The SMILES string of the molecule is O=C(O)CCc1csc(-c2ccccn2)n1. The summed E-state index contributed by atoms with van der Waals surface area (Å²) in [7, 11) is 0. The third-order valence-electron chi connectivity index (χ3n) is 2.03. The number of hydrogen-bond acceptors (Lipinski definition) is 4. The van der Waals surface area contributed by atoms with Crippen molar-refractivity contribution in [2.45, 2.75) is 12.8 Å². The van der Waals surface area contributed by atoms with Crippen molar-refractivity contribution in [2.75, 3.05) is 0 Å². The van der Waals surface area contributed by atoms with E-state index < -0.39 is 5.97 Å². The minimum atomic E-state index is -0.799. The Balaban J connectivity index is 2.11. The number of pyridine rings is 1. The third kappa shape index (κ3) is 2.64. The lowest BCUT2D eigenvalue weighted by atomic mass is 10.2. The van der Waals surface area contributed by atoms with Gasteiger partial charge in [-0.05, 0) is 12.1 Å². The number of rotatable bonds is 4. The maximum absolute atomic E-state index is 10.4. The quantitative estimate of drug-likeness (QED) is 0.881. The van der Waals surface area contributed by atoms with E-state index in [9.17, 15) is 4.79 Å². The van der Waals surface area contributed by atoms with Gasteiger partial charge < -0.3 is 5.11 Å². The smallest absolute Gasteiger partial charge is 0.303 e. The van der Waals surface area contributed by atoms with Gasteiger partial charge >= 0.3 is 5.97 Å². The van der Waals surface area contributed by atoms with Gasteiger partial charge in [0.05, 0.1) is 17.8 Å². The number of carbonyl (C=O) groups is 1. The lowest BCUT2D eigenvalue weighted by Gasteiger charge is -1.93. The number of carboxylic acid groups (broad SMARTS) is 1. The molecule has 0 bridgehead atoms. The summed E-state index contributed by atoms with van der Waals surface area (Å²) in [4.78, 5) is 18.9. The highest BCUT2D eigenvalue weighted by Gasteiger charge is 2.06. The molecule has 0 radical (unpaired) electrons. The summed E-state index contributed by atoms with van der Waals surface area (Å²) >= 11 is 1.49. The molecule has 0 saturated carbocycles. The van der Waals surface area contributed by atoms with Crippen molar-refractivity contribution in [1.29, 1.82) is 0 Å². The zero-order chi connectivity index (χ0) is 11.4. The Bertz CT molecular complexity index is 482. The first-order valence-corrected chi connectivity index (χ1v) is 5.71. The summed E-state index contributed by atoms with van der Waals surface area (Å²) in [5, 5.41) is 11.3. The van der Waals surface area contributed by atoms with Crippen molar-refractivity contribution in [3.63, 3.8) is 0 Å². The van der Waals surface area contributed by atoms with Crippen LogP contribution in [0.1, 0.15) is 12.1 Å². The lowest BCUT2D eigenvalue weighted by Crippen LogP contribution is -1.97. The molecule has 2 aromatic heterocycles. The van der Waals surface area contributed by atoms with E-state index in [-0.39, 0.29) is 6.42 Å². The average Bonchev–Trinajstić information content (AvgIpc) is 2.76. The van der Waals surface area contributed by atoms with Gasteiger partial charge in [0, 0.05) is 18.0 Å². The Hall–Kier alpha value is -1.75. The number of hydrogen-bond donors (Lipinski definition) is 1. The van der Waals surface area contributed by atoms with Crippen molar-refractivity contribution in [2.24, 2.45) is 0 Å². The molecule has 0 aliphatic heterocycles. The molecular formula is C11H10N2O2S. The van der Waals surface area contributed by atoms with Gasteiger partial charge in [-0.15, -0.1) is 11.3 Å². The number of aliphatic carboxylic acids is 1. The molecule has 0 aliphatic carbocycles. The van der Waals surface area contributed by atoms with Gasteiger partial charge in [-0.25, -0.2) is 4.98 Å². The first-order valence-electron chi connectivity index (χ1n) is 4.83. The number of carboxylic acids is 1. The van der Waals surface area contributed by atoms with E-state index in [0.717, 1.165) is 16.4 Å². The van der Waals surface area contributed by atoms with Crippen molar-refractivity contribution >= 4 is 17.3 Å². The summed E-state index contributed by atoms with van der Waals surface area (Å²) in [6.45, 7) is 0. The van der Waals surface area contributed by atoms with Crippen LogP contribution in [0.25, 0.3) is 10.7 Å². The van der Waals surface area contributed by atoms with Crippen LogP contribution in [0.15, 0.2) is 29.8 Å².